The monoisotopic (exact) mass is 380 g/mol. The predicted octanol–water partition coefficient (Wildman–Crippen LogP) is 3.56. The Morgan fingerprint density at radius 1 is 1.40 bits per heavy atom. The van der Waals surface area contributed by atoms with Gasteiger partial charge < -0.3 is 15.2 Å². The molecule has 2 aromatic rings. The first kappa shape index (κ1) is 19.4. The molecule has 0 atom stereocenters. The van der Waals surface area contributed by atoms with Gasteiger partial charge in [-0.25, -0.2) is 4.98 Å². The van der Waals surface area contributed by atoms with Crippen LogP contribution in [0.1, 0.15) is 32.4 Å². The average Bonchev–Trinajstić information content (AvgIpc) is 2.93. The first-order chi connectivity index (χ1) is 12.0. The van der Waals surface area contributed by atoms with Crippen molar-refractivity contribution in [1.29, 1.82) is 0 Å². The van der Waals surface area contributed by atoms with Crippen LogP contribution in [0.5, 0.6) is 0 Å². The van der Waals surface area contributed by atoms with Crippen LogP contribution >= 0.6 is 23.1 Å². The van der Waals surface area contributed by atoms with Gasteiger partial charge in [0.15, 0.2) is 0 Å². The van der Waals surface area contributed by atoms with E-state index < -0.39 is 5.97 Å². The number of nitrogens with one attached hydrogen (secondary N) is 1. The van der Waals surface area contributed by atoms with E-state index in [-0.39, 0.29) is 12.3 Å². The summed E-state index contributed by atoms with van der Waals surface area (Å²) in [5.74, 6) is 0.289. The van der Waals surface area contributed by atoms with Crippen molar-refractivity contribution >= 4 is 40.7 Å². The number of nitrogens with zero attached hydrogens (tertiary/aromatic N) is 1. The Labute approximate surface area is 154 Å². The van der Waals surface area contributed by atoms with Crippen molar-refractivity contribution in [2.75, 3.05) is 18.2 Å². The van der Waals surface area contributed by atoms with Crippen LogP contribution in [0.15, 0.2) is 24.3 Å². The number of carbonyl (C=O) groups is 2. The first-order valence-electron chi connectivity index (χ1n) is 7.64. The van der Waals surface area contributed by atoms with Crippen LogP contribution < -0.4 is 5.32 Å². The molecule has 0 radical (unpaired) electrons. The van der Waals surface area contributed by atoms with E-state index in [2.05, 4.69) is 10.3 Å². The lowest BCUT2D eigenvalue weighted by Gasteiger charge is -2.07. The highest BCUT2D eigenvalue weighted by molar-refractivity contribution is 7.98. The summed E-state index contributed by atoms with van der Waals surface area (Å²) in [5, 5.41) is 12.3. The number of thioether (sulfide) groups is 1. The van der Waals surface area contributed by atoms with Crippen LogP contribution in [0.3, 0.4) is 0 Å². The number of benzene rings is 1. The fourth-order valence-corrected chi connectivity index (χ4v) is 3.94. The third-order valence-corrected chi connectivity index (χ3v) is 5.39. The van der Waals surface area contributed by atoms with Gasteiger partial charge in [-0.3, -0.25) is 9.59 Å². The molecule has 0 unspecified atom stereocenters. The zero-order chi connectivity index (χ0) is 18.2. The second-order valence-corrected chi connectivity index (χ2v) is 7.49. The molecule has 0 saturated heterocycles. The van der Waals surface area contributed by atoms with Crippen LogP contribution in [0.2, 0.25) is 0 Å². The second kappa shape index (κ2) is 9.55. The standard InChI is InChI=1S/C17H20N2O4S2/c1-11-16(25-14(18-11)9-23-2)17(22)19-13-5-3-4-12(8-13)10-24-7-6-15(20)21/h3-5,8H,6-7,9-10H2,1-2H3,(H,19,22)(H,20,21). The lowest BCUT2D eigenvalue weighted by atomic mass is 10.2. The Bertz CT molecular complexity index is 746. The molecule has 2 rings (SSSR count). The first-order valence-corrected chi connectivity index (χ1v) is 9.61. The molecule has 6 nitrogen and oxygen atoms in total. The smallest absolute Gasteiger partial charge is 0.304 e. The van der Waals surface area contributed by atoms with E-state index in [4.69, 9.17) is 9.84 Å². The van der Waals surface area contributed by atoms with Crippen LogP contribution in [0, 0.1) is 6.92 Å². The second-order valence-electron chi connectivity index (χ2n) is 5.31. The van der Waals surface area contributed by atoms with Crippen LogP contribution in [-0.2, 0) is 21.9 Å². The summed E-state index contributed by atoms with van der Waals surface area (Å²) < 4.78 is 5.05. The van der Waals surface area contributed by atoms with Gasteiger partial charge in [-0.05, 0) is 24.6 Å². The number of methoxy groups -OCH3 is 1. The molecule has 1 aromatic carbocycles. The molecule has 0 aliphatic heterocycles. The number of hydrogen-bond acceptors (Lipinski definition) is 6. The summed E-state index contributed by atoms with van der Waals surface area (Å²) in [7, 11) is 1.59. The quantitative estimate of drug-likeness (QED) is 0.647. The summed E-state index contributed by atoms with van der Waals surface area (Å²) in [6, 6.07) is 7.56. The zero-order valence-corrected chi connectivity index (χ0v) is 15.7. The van der Waals surface area contributed by atoms with E-state index in [1.54, 1.807) is 25.8 Å². The molecule has 8 heteroatoms. The lowest BCUT2D eigenvalue weighted by Crippen LogP contribution is -2.11. The van der Waals surface area contributed by atoms with E-state index >= 15 is 0 Å². The number of anilines is 1. The van der Waals surface area contributed by atoms with Gasteiger partial charge in [0.2, 0.25) is 0 Å². The van der Waals surface area contributed by atoms with E-state index in [1.165, 1.54) is 11.3 Å². The third-order valence-electron chi connectivity index (χ3n) is 3.23. The Hall–Kier alpha value is -1.90. The highest BCUT2D eigenvalue weighted by atomic mass is 32.2. The molecule has 0 spiro atoms. The minimum Gasteiger partial charge on any atom is -0.481 e. The maximum absolute atomic E-state index is 12.4. The molecular formula is C17H20N2O4S2. The number of amides is 1. The molecular weight excluding hydrogens is 360 g/mol. The number of carboxylic acid groups (broad SMARTS) is 1. The highest BCUT2D eigenvalue weighted by Gasteiger charge is 2.15. The molecule has 0 aliphatic rings. The van der Waals surface area contributed by atoms with Crippen molar-refractivity contribution in [1.82, 2.24) is 4.98 Å². The van der Waals surface area contributed by atoms with Crippen molar-refractivity contribution in [3.8, 4) is 0 Å². The number of thiazole rings is 1. The number of carbonyl (C=O) groups excluding carboxylic acids is 1. The molecule has 0 aliphatic carbocycles. The minimum atomic E-state index is -0.790. The van der Waals surface area contributed by atoms with Crippen molar-refractivity contribution in [3.63, 3.8) is 0 Å². The predicted molar refractivity (Wildman–Crippen MR) is 100 cm³/mol. The summed E-state index contributed by atoms with van der Waals surface area (Å²) in [4.78, 5) is 27.9. The molecule has 1 amide bonds. The van der Waals surface area contributed by atoms with Gasteiger partial charge >= 0.3 is 5.97 Å². The average molecular weight is 380 g/mol. The summed E-state index contributed by atoms with van der Waals surface area (Å²) >= 11 is 2.88. The summed E-state index contributed by atoms with van der Waals surface area (Å²) in [6.07, 6.45) is 0.148. The maximum Gasteiger partial charge on any atom is 0.304 e. The van der Waals surface area contributed by atoms with Gasteiger partial charge in [0.05, 0.1) is 18.7 Å². The minimum absolute atomic E-state index is 0.148. The lowest BCUT2D eigenvalue weighted by molar-refractivity contribution is -0.136. The number of aromatic nitrogens is 1. The highest BCUT2D eigenvalue weighted by Crippen LogP contribution is 2.22. The van der Waals surface area contributed by atoms with Crippen molar-refractivity contribution < 1.29 is 19.4 Å². The Morgan fingerprint density at radius 2 is 2.20 bits per heavy atom. The number of aryl methyl sites for hydroxylation is 1. The van der Waals surface area contributed by atoms with Gasteiger partial charge in [0, 0.05) is 24.3 Å². The van der Waals surface area contributed by atoms with Gasteiger partial charge in [0.25, 0.3) is 5.91 Å². The number of rotatable bonds is 9. The maximum atomic E-state index is 12.4. The van der Waals surface area contributed by atoms with E-state index in [0.29, 0.717) is 34.4 Å². The number of aliphatic carboxylic acids is 1. The Balaban J connectivity index is 1.96. The van der Waals surface area contributed by atoms with E-state index in [0.717, 1.165) is 10.6 Å². The topological polar surface area (TPSA) is 88.5 Å². The zero-order valence-electron chi connectivity index (χ0n) is 14.1. The van der Waals surface area contributed by atoms with Crippen molar-refractivity contribution in [2.45, 2.75) is 25.7 Å². The normalized spacial score (nSPS) is 10.6. The number of hydrogen-bond donors (Lipinski definition) is 2. The van der Waals surface area contributed by atoms with E-state index in [1.807, 2.05) is 24.3 Å². The van der Waals surface area contributed by atoms with Gasteiger partial charge in [0.1, 0.15) is 9.88 Å². The molecule has 1 aromatic heterocycles. The molecule has 2 N–H and O–H groups in total. The largest absolute Gasteiger partial charge is 0.481 e. The van der Waals surface area contributed by atoms with Crippen molar-refractivity contribution in [3.05, 3.63) is 45.4 Å². The van der Waals surface area contributed by atoms with Crippen LogP contribution in [-0.4, -0.2) is 34.8 Å². The molecule has 0 bridgehead atoms. The Kier molecular flexibility index (Phi) is 7.42. The molecule has 1 heterocycles. The SMILES string of the molecule is COCc1nc(C)c(C(=O)Nc2cccc(CSCCC(=O)O)c2)s1. The number of ether oxygens (including phenoxy) is 1. The van der Waals surface area contributed by atoms with Gasteiger partial charge in [-0.2, -0.15) is 11.8 Å². The molecule has 0 saturated carbocycles. The molecule has 0 fully saturated rings. The molecule has 134 valence electrons. The third kappa shape index (κ3) is 6.15. The summed E-state index contributed by atoms with van der Waals surface area (Å²) in [6.45, 7) is 2.20. The molecule has 25 heavy (non-hydrogen) atoms. The van der Waals surface area contributed by atoms with Gasteiger partial charge in [-0.1, -0.05) is 12.1 Å². The summed E-state index contributed by atoms with van der Waals surface area (Å²) in [5.41, 5.74) is 2.44. The fraction of sp³-hybridized carbons (Fsp3) is 0.353. The van der Waals surface area contributed by atoms with Crippen molar-refractivity contribution in [2.24, 2.45) is 0 Å². The number of carboxylic acids is 1. The van der Waals surface area contributed by atoms with E-state index in [9.17, 15) is 9.59 Å². The van der Waals surface area contributed by atoms with Crippen LogP contribution in [0.25, 0.3) is 0 Å². The fourth-order valence-electron chi connectivity index (χ4n) is 2.12. The van der Waals surface area contributed by atoms with Gasteiger partial charge in [-0.15, -0.1) is 11.3 Å². The Morgan fingerprint density at radius 3 is 2.92 bits per heavy atom. The van der Waals surface area contributed by atoms with Crippen LogP contribution in [0.4, 0.5) is 5.69 Å².